The second kappa shape index (κ2) is 11.7. The van der Waals surface area contributed by atoms with Crippen molar-refractivity contribution in [2.45, 2.75) is 85.2 Å². The van der Waals surface area contributed by atoms with Crippen LogP contribution >= 0.6 is 11.8 Å². The number of ether oxygens (including phenoxy) is 1. The lowest BCUT2D eigenvalue weighted by atomic mass is 9.84. The Bertz CT molecular complexity index is 742. The Labute approximate surface area is 205 Å². The van der Waals surface area contributed by atoms with Crippen molar-refractivity contribution in [1.29, 1.82) is 0 Å². The fourth-order valence-corrected chi connectivity index (χ4v) is 5.60. The van der Waals surface area contributed by atoms with Gasteiger partial charge in [0, 0.05) is 29.7 Å². The van der Waals surface area contributed by atoms with Crippen LogP contribution in [0.15, 0.2) is 11.6 Å². The second-order valence-corrected chi connectivity index (χ2v) is 12.6. The summed E-state index contributed by atoms with van der Waals surface area (Å²) in [5.74, 6) is 0.353. The lowest BCUT2D eigenvalue weighted by Crippen LogP contribution is -2.63. The van der Waals surface area contributed by atoms with Gasteiger partial charge in [-0.2, -0.15) is 11.8 Å². The molecule has 0 saturated carbocycles. The van der Waals surface area contributed by atoms with Gasteiger partial charge in [0.25, 0.3) is 0 Å². The fraction of sp³-hybridized carbons (Fsp3) is 0.800. The molecule has 0 unspecified atom stereocenters. The van der Waals surface area contributed by atoms with Gasteiger partial charge in [0.1, 0.15) is 12.1 Å². The van der Waals surface area contributed by atoms with Crippen molar-refractivity contribution in [3.05, 3.63) is 11.6 Å². The van der Waals surface area contributed by atoms with E-state index in [1.54, 1.807) is 43.6 Å². The van der Waals surface area contributed by atoms with Gasteiger partial charge in [-0.15, -0.1) is 0 Å². The van der Waals surface area contributed by atoms with Crippen molar-refractivity contribution in [1.82, 2.24) is 15.1 Å². The van der Waals surface area contributed by atoms with Crippen LogP contribution in [0.2, 0.25) is 0 Å². The minimum absolute atomic E-state index is 0.0689. The molecule has 0 bridgehead atoms. The van der Waals surface area contributed by atoms with Crippen molar-refractivity contribution in [3.63, 3.8) is 0 Å². The highest BCUT2D eigenvalue weighted by atomic mass is 32.2. The number of likely N-dealkylation sites (N-methyl/N-ethyl adjacent to an activating group) is 2. The number of esters is 1. The van der Waals surface area contributed by atoms with Gasteiger partial charge in [-0.3, -0.25) is 14.5 Å². The summed E-state index contributed by atoms with van der Waals surface area (Å²) < 4.78 is 4.85. The Morgan fingerprint density at radius 2 is 1.85 bits per heavy atom. The van der Waals surface area contributed by atoms with E-state index in [0.29, 0.717) is 12.2 Å². The van der Waals surface area contributed by atoms with Crippen LogP contribution in [-0.4, -0.2) is 83.5 Å². The van der Waals surface area contributed by atoms with E-state index < -0.39 is 11.5 Å². The molecule has 1 rings (SSSR count). The average Bonchev–Trinajstić information content (AvgIpc) is 2.67. The van der Waals surface area contributed by atoms with Crippen LogP contribution < -0.4 is 5.32 Å². The highest BCUT2D eigenvalue weighted by Crippen LogP contribution is 2.35. The van der Waals surface area contributed by atoms with E-state index in [4.69, 9.17) is 4.74 Å². The van der Waals surface area contributed by atoms with Crippen LogP contribution in [0.4, 0.5) is 0 Å². The molecule has 1 N–H and O–H groups in total. The van der Waals surface area contributed by atoms with E-state index in [9.17, 15) is 14.4 Å². The van der Waals surface area contributed by atoms with Crippen LogP contribution in [0.3, 0.4) is 0 Å². The summed E-state index contributed by atoms with van der Waals surface area (Å²) in [5, 5.41) is 3.09. The van der Waals surface area contributed by atoms with Crippen molar-refractivity contribution in [3.8, 4) is 0 Å². The number of amides is 2. The number of rotatable bonds is 8. The number of carbonyl (C=O) groups excluding carboxylic acids is 3. The molecule has 1 aliphatic heterocycles. The van der Waals surface area contributed by atoms with Crippen molar-refractivity contribution in [2.24, 2.45) is 11.3 Å². The Kier molecular flexibility index (Phi) is 10.5. The molecule has 0 aromatic rings. The van der Waals surface area contributed by atoms with E-state index in [2.05, 4.69) is 24.1 Å². The van der Waals surface area contributed by atoms with E-state index in [-0.39, 0.29) is 40.5 Å². The molecule has 0 aromatic heterocycles. The molecule has 1 fully saturated rings. The lowest BCUT2D eigenvalue weighted by molar-refractivity contribution is -0.141. The van der Waals surface area contributed by atoms with Crippen LogP contribution in [0.5, 0.6) is 0 Å². The van der Waals surface area contributed by atoms with E-state index in [0.717, 1.165) is 12.3 Å². The predicted molar refractivity (Wildman–Crippen MR) is 136 cm³/mol. The molecule has 7 nitrogen and oxygen atoms in total. The summed E-state index contributed by atoms with van der Waals surface area (Å²) >= 11 is 1.78. The monoisotopic (exact) mass is 483 g/mol. The lowest BCUT2D eigenvalue weighted by Gasteiger charge is -2.44. The van der Waals surface area contributed by atoms with Crippen LogP contribution in [-0.2, 0) is 19.1 Å². The summed E-state index contributed by atoms with van der Waals surface area (Å²) in [6.45, 7) is 18.6. The molecule has 33 heavy (non-hydrogen) atoms. The molecule has 2 amide bonds. The maximum atomic E-state index is 13.7. The SMILES string of the molecule is CCOC(=O)C(C)=C[C@H](C(C)C)N(C)C(=O)[C@@H](NC(=O)[C@H]1N(C)CCSC1(C)C)C(C)(C)C. The standard InChI is InChI=1S/C25H45N3O4S/c1-12-32-23(31)17(4)15-18(16(2)3)28(11)22(30)19(24(5,6)7)26-21(29)20-25(8,9)33-14-13-27(20)10/h15-16,18-20H,12-14H2,1-11H3,(H,26,29)/t18-,19-,20-/m1/s1. The van der Waals surface area contributed by atoms with Crippen LogP contribution in [0.25, 0.3) is 0 Å². The Morgan fingerprint density at radius 1 is 1.27 bits per heavy atom. The first-order valence-corrected chi connectivity index (χ1v) is 12.8. The first kappa shape index (κ1) is 29.5. The van der Waals surface area contributed by atoms with Gasteiger partial charge >= 0.3 is 5.97 Å². The molecule has 0 aromatic carbocycles. The number of thioether (sulfide) groups is 1. The molecule has 1 heterocycles. The molecule has 8 heteroatoms. The maximum Gasteiger partial charge on any atom is 0.333 e. The summed E-state index contributed by atoms with van der Waals surface area (Å²) in [4.78, 5) is 43.0. The Hall–Kier alpha value is -1.54. The molecular formula is C25H45N3O4S. The van der Waals surface area contributed by atoms with Gasteiger partial charge in [-0.1, -0.05) is 40.7 Å². The van der Waals surface area contributed by atoms with E-state index >= 15 is 0 Å². The molecule has 0 aliphatic carbocycles. The number of hydrogen-bond acceptors (Lipinski definition) is 6. The van der Waals surface area contributed by atoms with Gasteiger partial charge in [-0.05, 0) is 46.1 Å². The number of nitrogens with zero attached hydrogens (tertiary/aromatic N) is 2. The van der Waals surface area contributed by atoms with Gasteiger partial charge in [-0.25, -0.2) is 4.79 Å². The largest absolute Gasteiger partial charge is 0.463 e. The van der Waals surface area contributed by atoms with Gasteiger partial charge < -0.3 is 15.0 Å². The minimum Gasteiger partial charge on any atom is -0.463 e. The molecule has 0 spiro atoms. The number of carbonyl (C=O) groups is 3. The van der Waals surface area contributed by atoms with Crippen molar-refractivity contribution in [2.75, 3.05) is 33.0 Å². The average molecular weight is 484 g/mol. The quantitative estimate of drug-likeness (QED) is 0.421. The van der Waals surface area contributed by atoms with E-state index in [1.165, 1.54) is 0 Å². The smallest absolute Gasteiger partial charge is 0.333 e. The predicted octanol–water partition coefficient (Wildman–Crippen LogP) is 3.34. The third kappa shape index (κ3) is 7.74. The van der Waals surface area contributed by atoms with Crippen LogP contribution in [0.1, 0.15) is 62.3 Å². The Balaban J connectivity index is 3.21. The van der Waals surface area contributed by atoms with Crippen LogP contribution in [0, 0.1) is 11.3 Å². The zero-order chi connectivity index (χ0) is 25.7. The van der Waals surface area contributed by atoms with Crippen molar-refractivity contribution >= 4 is 29.5 Å². The third-order valence-electron chi connectivity index (χ3n) is 6.16. The topological polar surface area (TPSA) is 79.0 Å². The van der Waals surface area contributed by atoms with E-state index in [1.807, 2.05) is 41.7 Å². The number of hydrogen-bond donors (Lipinski definition) is 1. The first-order valence-electron chi connectivity index (χ1n) is 11.8. The first-order chi connectivity index (χ1) is 15.0. The molecule has 190 valence electrons. The molecular weight excluding hydrogens is 438 g/mol. The zero-order valence-corrected chi connectivity index (χ0v) is 23.3. The summed E-state index contributed by atoms with van der Waals surface area (Å²) in [7, 11) is 3.70. The molecule has 0 radical (unpaired) electrons. The highest BCUT2D eigenvalue weighted by molar-refractivity contribution is 8.00. The minimum atomic E-state index is -0.705. The second-order valence-electron chi connectivity index (χ2n) is 10.9. The summed E-state index contributed by atoms with van der Waals surface area (Å²) in [6.07, 6.45) is 1.79. The van der Waals surface area contributed by atoms with Gasteiger partial charge in [0.2, 0.25) is 11.8 Å². The van der Waals surface area contributed by atoms with Crippen molar-refractivity contribution < 1.29 is 19.1 Å². The maximum absolute atomic E-state index is 13.7. The third-order valence-corrected chi connectivity index (χ3v) is 7.52. The fourth-order valence-electron chi connectivity index (χ4n) is 4.25. The van der Waals surface area contributed by atoms with Gasteiger partial charge in [0.05, 0.1) is 12.6 Å². The molecule has 1 aliphatic rings. The van der Waals surface area contributed by atoms with Gasteiger partial charge in [0.15, 0.2) is 0 Å². The zero-order valence-electron chi connectivity index (χ0n) is 22.4. The number of nitrogens with one attached hydrogen (secondary N) is 1. The highest BCUT2D eigenvalue weighted by Gasteiger charge is 2.44. The Morgan fingerprint density at radius 3 is 2.30 bits per heavy atom. The normalized spacial score (nSPS) is 21.3. The molecule has 3 atom stereocenters. The summed E-state index contributed by atoms with van der Waals surface area (Å²) in [5.41, 5.74) is -0.0263. The molecule has 1 saturated heterocycles. The summed E-state index contributed by atoms with van der Waals surface area (Å²) in [6, 6.07) is -1.34.